The van der Waals surface area contributed by atoms with Gasteiger partial charge in [0.05, 0.1) is 16.1 Å². The van der Waals surface area contributed by atoms with E-state index in [1.54, 1.807) is 19.3 Å². The van der Waals surface area contributed by atoms with Crippen molar-refractivity contribution < 1.29 is 4.79 Å². The highest BCUT2D eigenvalue weighted by atomic mass is 32.1. The first-order chi connectivity index (χ1) is 15.7. The third-order valence-electron chi connectivity index (χ3n) is 5.56. The Hall–Kier alpha value is -4.10. The van der Waals surface area contributed by atoms with Crippen molar-refractivity contribution in [2.24, 2.45) is 0 Å². The molecule has 6 rings (SSSR count). The lowest BCUT2D eigenvalue weighted by molar-refractivity contribution is 0.102. The second-order valence-corrected chi connectivity index (χ2v) is 8.68. The molecule has 0 spiro atoms. The molecule has 32 heavy (non-hydrogen) atoms. The van der Waals surface area contributed by atoms with E-state index in [-0.39, 0.29) is 5.78 Å². The van der Waals surface area contributed by atoms with Crippen molar-refractivity contribution in [2.45, 2.75) is 6.92 Å². The number of carbonyl (C=O) groups is 1. The predicted molar refractivity (Wildman–Crippen MR) is 128 cm³/mol. The lowest BCUT2D eigenvalue weighted by Gasteiger charge is -2.01. The van der Waals surface area contributed by atoms with Crippen LogP contribution in [0.15, 0.2) is 73.2 Å². The van der Waals surface area contributed by atoms with Crippen molar-refractivity contribution in [3.8, 4) is 33.0 Å². The summed E-state index contributed by atoms with van der Waals surface area (Å²) >= 11 is 1.50. The molecule has 0 aliphatic rings. The number of H-pyrrole nitrogens is 2. The SMILES string of the molecule is CC(=O)c1ccc(-c2ccnc3[nH]c(-c4n[nH]c5ccc(-c6cccnc6)cc45)cc23)s1. The molecule has 5 aromatic heterocycles. The Bertz CT molecular complexity index is 1610. The normalized spacial score (nSPS) is 11.4. The molecule has 0 radical (unpaired) electrons. The fraction of sp³-hybridized carbons (Fsp3) is 0.0400. The van der Waals surface area contributed by atoms with Crippen LogP contribution in [-0.4, -0.2) is 30.9 Å². The number of Topliss-reactive ketones (excluding diaryl/α,β-unsaturated/α-hetero) is 1. The fourth-order valence-corrected chi connectivity index (χ4v) is 4.91. The van der Waals surface area contributed by atoms with Crippen LogP contribution in [0.5, 0.6) is 0 Å². The van der Waals surface area contributed by atoms with E-state index >= 15 is 0 Å². The van der Waals surface area contributed by atoms with Gasteiger partial charge in [-0.25, -0.2) is 4.98 Å². The van der Waals surface area contributed by atoms with E-state index in [0.29, 0.717) is 0 Å². The average Bonchev–Trinajstić information content (AvgIpc) is 3.56. The zero-order valence-electron chi connectivity index (χ0n) is 17.1. The number of aromatic nitrogens is 5. The van der Waals surface area contributed by atoms with Gasteiger partial charge in [0.2, 0.25) is 0 Å². The van der Waals surface area contributed by atoms with Gasteiger partial charge in [0.25, 0.3) is 0 Å². The average molecular weight is 436 g/mol. The first kappa shape index (κ1) is 18.7. The molecule has 6 aromatic rings. The topological polar surface area (TPSA) is 87.3 Å². The number of thiophene rings is 1. The van der Waals surface area contributed by atoms with E-state index in [4.69, 9.17) is 0 Å². The van der Waals surface area contributed by atoms with E-state index in [9.17, 15) is 4.79 Å². The number of fused-ring (bicyclic) bond motifs is 2. The molecule has 0 atom stereocenters. The molecule has 0 bridgehead atoms. The summed E-state index contributed by atoms with van der Waals surface area (Å²) in [6, 6.07) is 18.1. The van der Waals surface area contributed by atoms with E-state index < -0.39 is 0 Å². The Morgan fingerprint density at radius 3 is 2.72 bits per heavy atom. The highest BCUT2D eigenvalue weighted by Gasteiger charge is 2.16. The minimum absolute atomic E-state index is 0.0775. The Balaban J connectivity index is 1.49. The molecule has 5 heterocycles. The predicted octanol–water partition coefficient (Wildman–Crippen LogP) is 6.10. The van der Waals surface area contributed by atoms with Gasteiger partial charge in [0.15, 0.2) is 5.78 Å². The second-order valence-electron chi connectivity index (χ2n) is 7.60. The summed E-state index contributed by atoms with van der Waals surface area (Å²) in [7, 11) is 0. The number of nitrogens with zero attached hydrogens (tertiary/aromatic N) is 3. The largest absolute Gasteiger partial charge is 0.338 e. The van der Waals surface area contributed by atoms with E-state index in [1.807, 2.05) is 42.6 Å². The maximum atomic E-state index is 11.7. The number of nitrogens with one attached hydrogen (secondary N) is 2. The third kappa shape index (κ3) is 3.02. The third-order valence-corrected chi connectivity index (χ3v) is 6.78. The van der Waals surface area contributed by atoms with Crippen LogP contribution in [0.3, 0.4) is 0 Å². The van der Waals surface area contributed by atoms with Crippen LogP contribution in [0.25, 0.3) is 54.9 Å². The molecule has 1 aromatic carbocycles. The molecule has 2 N–H and O–H groups in total. The van der Waals surface area contributed by atoms with Crippen LogP contribution >= 0.6 is 11.3 Å². The van der Waals surface area contributed by atoms with Crippen molar-refractivity contribution in [1.82, 2.24) is 25.1 Å². The Morgan fingerprint density at radius 2 is 1.91 bits per heavy atom. The van der Waals surface area contributed by atoms with E-state index in [2.05, 4.69) is 43.3 Å². The molecule has 0 fully saturated rings. The molecular weight excluding hydrogens is 418 g/mol. The number of hydrogen-bond donors (Lipinski definition) is 2. The smallest absolute Gasteiger partial charge is 0.169 e. The molecular formula is C25H17N5OS. The summed E-state index contributed by atoms with van der Waals surface area (Å²) < 4.78 is 0. The number of benzene rings is 1. The zero-order chi connectivity index (χ0) is 21.7. The zero-order valence-corrected chi connectivity index (χ0v) is 17.9. The van der Waals surface area contributed by atoms with Crippen LogP contribution in [0.4, 0.5) is 0 Å². The summed E-state index contributed by atoms with van der Waals surface area (Å²) in [5.41, 5.74) is 6.66. The monoisotopic (exact) mass is 435 g/mol. The maximum absolute atomic E-state index is 11.7. The van der Waals surface area contributed by atoms with Crippen LogP contribution in [0, 0.1) is 0 Å². The Morgan fingerprint density at radius 1 is 0.969 bits per heavy atom. The lowest BCUT2D eigenvalue weighted by Crippen LogP contribution is -1.83. The molecule has 154 valence electrons. The Labute approximate surface area is 187 Å². The molecule has 0 unspecified atom stereocenters. The van der Waals surface area contributed by atoms with Crippen molar-refractivity contribution in [3.05, 3.63) is 78.1 Å². The molecule has 7 heteroatoms. The summed E-state index contributed by atoms with van der Waals surface area (Å²) in [4.78, 5) is 25.7. The molecule has 0 aliphatic heterocycles. The highest BCUT2D eigenvalue weighted by Crippen LogP contribution is 2.36. The minimum atomic E-state index is 0.0775. The van der Waals surface area contributed by atoms with Gasteiger partial charge in [-0.3, -0.25) is 14.9 Å². The lowest BCUT2D eigenvalue weighted by atomic mass is 10.0. The summed E-state index contributed by atoms with van der Waals surface area (Å²) in [6.45, 7) is 1.59. The number of hydrogen-bond acceptors (Lipinski definition) is 5. The highest BCUT2D eigenvalue weighted by molar-refractivity contribution is 7.17. The van der Waals surface area contributed by atoms with Crippen molar-refractivity contribution in [1.29, 1.82) is 0 Å². The van der Waals surface area contributed by atoms with Crippen LogP contribution in [0.2, 0.25) is 0 Å². The second kappa shape index (κ2) is 7.25. The number of aromatic amines is 2. The van der Waals surface area contributed by atoms with E-state index in [1.165, 1.54) is 11.3 Å². The first-order valence-corrected chi connectivity index (χ1v) is 11.0. The number of pyridine rings is 2. The number of carbonyl (C=O) groups excluding carboxylic acids is 1. The van der Waals surface area contributed by atoms with Gasteiger partial charge in [0, 0.05) is 45.4 Å². The summed E-state index contributed by atoms with van der Waals surface area (Å²) in [6.07, 6.45) is 5.41. The van der Waals surface area contributed by atoms with Gasteiger partial charge < -0.3 is 4.98 Å². The maximum Gasteiger partial charge on any atom is 0.169 e. The van der Waals surface area contributed by atoms with Gasteiger partial charge in [-0.05, 0) is 55.0 Å². The van der Waals surface area contributed by atoms with Crippen LogP contribution in [0.1, 0.15) is 16.6 Å². The summed E-state index contributed by atoms with van der Waals surface area (Å²) in [5, 5.41) is 9.74. The summed E-state index contributed by atoms with van der Waals surface area (Å²) in [5.74, 6) is 0.0775. The van der Waals surface area contributed by atoms with Crippen molar-refractivity contribution in [3.63, 3.8) is 0 Å². The number of ketones is 1. The van der Waals surface area contributed by atoms with Crippen LogP contribution in [-0.2, 0) is 0 Å². The molecule has 0 saturated carbocycles. The Kier molecular flexibility index (Phi) is 4.22. The quantitative estimate of drug-likeness (QED) is 0.328. The molecule has 6 nitrogen and oxygen atoms in total. The molecule has 0 aliphatic carbocycles. The van der Waals surface area contributed by atoms with Crippen LogP contribution < -0.4 is 0 Å². The molecule has 0 amide bonds. The van der Waals surface area contributed by atoms with Gasteiger partial charge >= 0.3 is 0 Å². The van der Waals surface area contributed by atoms with Gasteiger partial charge in [-0.15, -0.1) is 11.3 Å². The van der Waals surface area contributed by atoms with Gasteiger partial charge in [-0.2, -0.15) is 5.10 Å². The molecule has 0 saturated heterocycles. The minimum Gasteiger partial charge on any atom is -0.338 e. The standard InChI is InChI=1S/C25H17N5OS/c1-14(31)22-6-7-23(32-22)17-8-10-27-25-18(17)12-21(28-25)24-19-11-15(4-5-20(19)29-30-24)16-3-2-9-26-13-16/h2-13H,1H3,(H,27,28)(H,29,30). The van der Waals surface area contributed by atoms with Gasteiger partial charge in [0.1, 0.15) is 11.3 Å². The van der Waals surface area contributed by atoms with Crippen molar-refractivity contribution >= 4 is 39.1 Å². The van der Waals surface area contributed by atoms with E-state index in [0.717, 1.165) is 59.8 Å². The first-order valence-electron chi connectivity index (χ1n) is 10.1. The number of rotatable bonds is 4. The van der Waals surface area contributed by atoms with Crippen molar-refractivity contribution in [2.75, 3.05) is 0 Å². The van der Waals surface area contributed by atoms with Gasteiger partial charge in [-0.1, -0.05) is 12.1 Å². The fourth-order valence-electron chi connectivity index (χ4n) is 3.97.